The molecule has 1 rings (SSSR count). The first-order chi connectivity index (χ1) is 14.8. The first-order valence-corrected chi connectivity index (χ1v) is 11.6. The molecule has 8 heteroatoms. The van der Waals surface area contributed by atoms with Crippen LogP contribution in [0.25, 0.3) is 0 Å². The van der Waals surface area contributed by atoms with E-state index in [4.69, 9.17) is 10.3 Å². The van der Waals surface area contributed by atoms with E-state index in [-0.39, 0.29) is 31.2 Å². The Bertz CT molecular complexity index is 668. The fourth-order valence-corrected chi connectivity index (χ4v) is 3.47. The lowest BCUT2D eigenvalue weighted by molar-refractivity contribution is -0.129. The fraction of sp³-hybridized carbons (Fsp3) is 0.739. The van der Waals surface area contributed by atoms with E-state index in [0.717, 1.165) is 24.8 Å². The molecule has 176 valence electrons. The Kier molecular flexibility index (Phi) is 13.3. The highest BCUT2D eigenvalue weighted by atomic mass is 16.5. The molecule has 8 nitrogen and oxygen atoms in total. The van der Waals surface area contributed by atoms with Crippen LogP contribution in [0.1, 0.15) is 101 Å². The quantitative estimate of drug-likeness (QED) is 0.322. The van der Waals surface area contributed by atoms with Gasteiger partial charge in [-0.25, -0.2) is 0 Å². The molecule has 3 amide bonds. The summed E-state index contributed by atoms with van der Waals surface area (Å²) in [5.74, 6) is -0.385. The fourth-order valence-electron chi connectivity index (χ4n) is 3.47. The summed E-state index contributed by atoms with van der Waals surface area (Å²) in [5, 5.41) is 9.42. The zero-order valence-electron chi connectivity index (χ0n) is 19.4. The van der Waals surface area contributed by atoms with Gasteiger partial charge in [0.1, 0.15) is 11.8 Å². The van der Waals surface area contributed by atoms with E-state index in [1.54, 1.807) is 13.8 Å². The van der Waals surface area contributed by atoms with Crippen LogP contribution in [0.2, 0.25) is 0 Å². The molecule has 0 bridgehead atoms. The summed E-state index contributed by atoms with van der Waals surface area (Å²) in [6, 6.07) is -0.793. The van der Waals surface area contributed by atoms with Crippen LogP contribution in [-0.2, 0) is 20.9 Å². The van der Waals surface area contributed by atoms with E-state index >= 15 is 0 Å². The lowest BCUT2D eigenvalue weighted by Gasteiger charge is -2.18. The molecule has 4 N–H and O–H groups in total. The number of nitrogens with one attached hydrogen (secondary N) is 2. The van der Waals surface area contributed by atoms with Gasteiger partial charge in [-0.1, -0.05) is 63.4 Å². The molecule has 0 aromatic carbocycles. The lowest BCUT2D eigenvalue weighted by atomic mass is 10.1. The molecule has 0 radical (unpaired) electrons. The molecular formula is C23H40N4O4. The van der Waals surface area contributed by atoms with Crippen molar-refractivity contribution >= 4 is 17.7 Å². The third-order valence-corrected chi connectivity index (χ3v) is 5.46. The molecule has 0 aliphatic carbocycles. The Balaban J connectivity index is 2.37. The van der Waals surface area contributed by atoms with Crippen molar-refractivity contribution in [3.8, 4) is 0 Å². The van der Waals surface area contributed by atoms with E-state index in [0.29, 0.717) is 17.9 Å². The van der Waals surface area contributed by atoms with Crippen molar-refractivity contribution in [3.63, 3.8) is 0 Å². The topological polar surface area (TPSA) is 127 Å². The Morgan fingerprint density at radius 1 is 0.968 bits per heavy atom. The Morgan fingerprint density at radius 2 is 1.58 bits per heavy atom. The number of aromatic nitrogens is 1. The minimum absolute atomic E-state index is 0.0295. The van der Waals surface area contributed by atoms with Crippen molar-refractivity contribution in [2.45, 2.75) is 110 Å². The van der Waals surface area contributed by atoms with Crippen LogP contribution in [0.4, 0.5) is 0 Å². The third kappa shape index (κ3) is 11.5. The normalized spacial score (nSPS) is 11.8. The summed E-state index contributed by atoms with van der Waals surface area (Å²) in [4.78, 5) is 36.1. The van der Waals surface area contributed by atoms with Gasteiger partial charge in [0.25, 0.3) is 0 Å². The van der Waals surface area contributed by atoms with E-state index in [9.17, 15) is 14.4 Å². The smallest absolute Gasteiger partial charge is 0.242 e. The molecule has 0 fully saturated rings. The van der Waals surface area contributed by atoms with Gasteiger partial charge in [0.2, 0.25) is 17.7 Å². The lowest BCUT2D eigenvalue weighted by Crippen LogP contribution is -2.47. The Hall–Kier alpha value is -2.38. The molecule has 1 aromatic heterocycles. The number of carbonyl (C=O) groups is 3. The van der Waals surface area contributed by atoms with Gasteiger partial charge in [-0.3, -0.25) is 14.4 Å². The van der Waals surface area contributed by atoms with Gasteiger partial charge in [0.15, 0.2) is 0 Å². The van der Waals surface area contributed by atoms with Crippen LogP contribution < -0.4 is 16.4 Å². The summed E-state index contributed by atoms with van der Waals surface area (Å²) in [6.45, 7) is 6.04. The van der Waals surface area contributed by atoms with Crippen molar-refractivity contribution in [3.05, 3.63) is 17.0 Å². The molecule has 0 aliphatic rings. The Labute approximate surface area is 186 Å². The second kappa shape index (κ2) is 15.4. The molecule has 0 aliphatic heterocycles. The molecule has 31 heavy (non-hydrogen) atoms. The van der Waals surface area contributed by atoms with Crippen molar-refractivity contribution in [1.82, 2.24) is 15.8 Å². The maximum atomic E-state index is 12.6. The van der Waals surface area contributed by atoms with Crippen LogP contribution in [0.3, 0.4) is 0 Å². The van der Waals surface area contributed by atoms with Crippen LogP contribution in [0.5, 0.6) is 0 Å². The number of nitrogens with two attached hydrogens (primary N) is 1. The number of rotatable bonds is 17. The van der Waals surface area contributed by atoms with Crippen LogP contribution in [-0.4, -0.2) is 28.9 Å². The predicted molar refractivity (Wildman–Crippen MR) is 120 cm³/mol. The van der Waals surface area contributed by atoms with Gasteiger partial charge in [-0.2, -0.15) is 0 Å². The van der Waals surface area contributed by atoms with Gasteiger partial charge < -0.3 is 20.9 Å². The zero-order chi connectivity index (χ0) is 23.1. The van der Waals surface area contributed by atoms with Crippen LogP contribution >= 0.6 is 0 Å². The number of aryl methyl sites for hydroxylation is 2. The Morgan fingerprint density at radius 3 is 2.13 bits per heavy atom. The first-order valence-electron chi connectivity index (χ1n) is 11.6. The number of amides is 3. The minimum Gasteiger partial charge on any atom is -0.370 e. The largest absolute Gasteiger partial charge is 0.370 e. The molecule has 1 heterocycles. The second-order valence-corrected chi connectivity index (χ2v) is 8.22. The van der Waals surface area contributed by atoms with E-state index in [2.05, 4.69) is 22.7 Å². The highest BCUT2D eigenvalue weighted by Crippen LogP contribution is 2.12. The number of nitrogens with zero attached hydrogens (tertiary/aromatic N) is 1. The number of hydrogen-bond donors (Lipinski definition) is 3. The second-order valence-electron chi connectivity index (χ2n) is 8.22. The van der Waals surface area contributed by atoms with Gasteiger partial charge in [-0.15, -0.1) is 0 Å². The average molecular weight is 437 g/mol. The van der Waals surface area contributed by atoms with E-state index in [1.807, 2.05) is 0 Å². The van der Waals surface area contributed by atoms with E-state index < -0.39 is 11.9 Å². The van der Waals surface area contributed by atoms with Gasteiger partial charge in [0, 0.05) is 24.9 Å². The number of hydrogen-bond acceptors (Lipinski definition) is 5. The van der Waals surface area contributed by atoms with Gasteiger partial charge in [0.05, 0.1) is 5.69 Å². The highest BCUT2D eigenvalue weighted by Gasteiger charge is 2.22. The maximum Gasteiger partial charge on any atom is 0.242 e. The molecule has 1 atom stereocenters. The molecule has 0 saturated carbocycles. The molecule has 0 spiro atoms. The SMILES string of the molecule is CCCCCCCCCCCC(=O)N[C@H](CCC(N)=O)C(=O)NCc1c(C)noc1C. The maximum absolute atomic E-state index is 12.6. The van der Waals surface area contributed by atoms with Crippen LogP contribution in [0.15, 0.2) is 4.52 Å². The van der Waals surface area contributed by atoms with Crippen molar-refractivity contribution in [1.29, 1.82) is 0 Å². The molecular weight excluding hydrogens is 396 g/mol. The van der Waals surface area contributed by atoms with Gasteiger partial charge >= 0.3 is 0 Å². The minimum atomic E-state index is -0.793. The molecule has 0 unspecified atom stereocenters. The van der Waals surface area contributed by atoms with Crippen molar-refractivity contribution in [2.75, 3.05) is 0 Å². The third-order valence-electron chi connectivity index (χ3n) is 5.46. The van der Waals surface area contributed by atoms with Gasteiger partial charge in [-0.05, 0) is 26.7 Å². The van der Waals surface area contributed by atoms with Crippen molar-refractivity contribution < 1.29 is 18.9 Å². The van der Waals surface area contributed by atoms with E-state index in [1.165, 1.54) is 38.5 Å². The highest BCUT2D eigenvalue weighted by molar-refractivity contribution is 5.88. The predicted octanol–water partition coefficient (Wildman–Crippen LogP) is 3.58. The van der Waals surface area contributed by atoms with Crippen molar-refractivity contribution in [2.24, 2.45) is 5.73 Å². The number of primary amides is 1. The summed E-state index contributed by atoms with van der Waals surface area (Å²) < 4.78 is 5.10. The summed E-state index contributed by atoms with van der Waals surface area (Å²) in [7, 11) is 0. The average Bonchev–Trinajstić information content (AvgIpc) is 3.05. The summed E-state index contributed by atoms with van der Waals surface area (Å²) in [6.07, 6.45) is 11.1. The summed E-state index contributed by atoms with van der Waals surface area (Å²) >= 11 is 0. The standard InChI is InChI=1S/C23H40N4O4/c1-4-5-6-7-8-9-10-11-12-13-22(29)26-20(14-15-21(24)28)23(30)25-16-19-17(2)27-31-18(19)3/h20H,4-16H2,1-3H3,(H2,24,28)(H,25,30)(H,26,29)/t20-/m1/s1. The molecule has 1 aromatic rings. The zero-order valence-corrected chi connectivity index (χ0v) is 19.4. The number of carbonyl (C=O) groups excluding carboxylic acids is 3. The summed E-state index contributed by atoms with van der Waals surface area (Å²) in [5.41, 5.74) is 6.74. The molecule has 0 saturated heterocycles. The number of unbranched alkanes of at least 4 members (excludes halogenated alkanes) is 8. The first kappa shape index (κ1) is 26.7. The monoisotopic (exact) mass is 436 g/mol. The van der Waals surface area contributed by atoms with Crippen LogP contribution in [0, 0.1) is 13.8 Å².